The predicted molar refractivity (Wildman–Crippen MR) is 84.0 cm³/mol. The Morgan fingerprint density at radius 1 is 1.24 bits per heavy atom. The number of aryl methyl sites for hydroxylation is 2. The highest BCUT2D eigenvalue weighted by Gasteiger charge is 2.13. The van der Waals surface area contributed by atoms with E-state index >= 15 is 0 Å². The second-order valence-electron chi connectivity index (χ2n) is 4.72. The number of nitrogens with zero attached hydrogens (tertiary/aromatic N) is 5. The molecule has 2 heterocycles. The molecule has 0 fully saturated rings. The molecule has 2 aromatic heterocycles. The zero-order chi connectivity index (χ0) is 14.8. The quantitative estimate of drug-likeness (QED) is 0.678. The van der Waals surface area contributed by atoms with E-state index in [4.69, 9.17) is 23.2 Å². The first-order valence-corrected chi connectivity index (χ1v) is 7.71. The fourth-order valence-corrected chi connectivity index (χ4v) is 2.75. The summed E-state index contributed by atoms with van der Waals surface area (Å²) < 4.78 is 4.15. The number of halogens is 2. The SMILES string of the molecule is CCn1cnnc1Cn1c(CCCl)nc2cc(Cl)ccc21. The van der Waals surface area contributed by atoms with Gasteiger partial charge in [0.05, 0.1) is 17.6 Å². The lowest BCUT2D eigenvalue weighted by molar-refractivity contribution is 0.643. The molecule has 110 valence electrons. The van der Waals surface area contributed by atoms with Crippen LogP contribution in [0.4, 0.5) is 0 Å². The van der Waals surface area contributed by atoms with Crippen LogP contribution in [0.2, 0.25) is 5.02 Å². The van der Waals surface area contributed by atoms with Crippen molar-refractivity contribution in [2.45, 2.75) is 26.4 Å². The largest absolute Gasteiger partial charge is 0.320 e. The molecule has 21 heavy (non-hydrogen) atoms. The molecule has 0 bridgehead atoms. The second-order valence-corrected chi connectivity index (χ2v) is 5.53. The lowest BCUT2D eigenvalue weighted by Crippen LogP contribution is -2.11. The Morgan fingerprint density at radius 2 is 2.10 bits per heavy atom. The lowest BCUT2D eigenvalue weighted by atomic mass is 10.3. The van der Waals surface area contributed by atoms with Crippen LogP contribution in [-0.4, -0.2) is 30.2 Å². The van der Waals surface area contributed by atoms with Gasteiger partial charge in [-0.05, 0) is 25.1 Å². The summed E-state index contributed by atoms with van der Waals surface area (Å²) in [6, 6.07) is 5.72. The van der Waals surface area contributed by atoms with E-state index in [9.17, 15) is 0 Å². The minimum atomic E-state index is 0.525. The van der Waals surface area contributed by atoms with Gasteiger partial charge in [-0.2, -0.15) is 0 Å². The molecule has 1 aromatic carbocycles. The van der Waals surface area contributed by atoms with Crippen molar-refractivity contribution >= 4 is 34.2 Å². The molecular formula is C14H15Cl2N5. The highest BCUT2D eigenvalue weighted by Crippen LogP contribution is 2.22. The van der Waals surface area contributed by atoms with Gasteiger partial charge in [0, 0.05) is 23.9 Å². The summed E-state index contributed by atoms with van der Waals surface area (Å²) in [5.41, 5.74) is 1.91. The van der Waals surface area contributed by atoms with Crippen molar-refractivity contribution in [3.8, 4) is 0 Å². The van der Waals surface area contributed by atoms with Crippen molar-refractivity contribution < 1.29 is 0 Å². The molecule has 0 N–H and O–H groups in total. The van der Waals surface area contributed by atoms with Gasteiger partial charge in [-0.1, -0.05) is 11.6 Å². The molecule has 0 aliphatic rings. The van der Waals surface area contributed by atoms with Gasteiger partial charge < -0.3 is 9.13 Å². The molecule has 0 amide bonds. The fourth-order valence-electron chi connectivity index (χ4n) is 2.41. The third kappa shape index (κ3) is 2.76. The number of fused-ring (bicyclic) bond motifs is 1. The minimum absolute atomic E-state index is 0.525. The molecular weight excluding hydrogens is 309 g/mol. The number of benzene rings is 1. The van der Waals surface area contributed by atoms with Crippen molar-refractivity contribution in [3.63, 3.8) is 0 Å². The number of imidazole rings is 1. The summed E-state index contributed by atoms with van der Waals surface area (Å²) in [6.07, 6.45) is 2.45. The van der Waals surface area contributed by atoms with E-state index in [2.05, 4.69) is 26.7 Å². The summed E-state index contributed by atoms with van der Waals surface area (Å²) in [4.78, 5) is 4.64. The normalized spacial score (nSPS) is 11.4. The van der Waals surface area contributed by atoms with Gasteiger partial charge in [0.1, 0.15) is 12.2 Å². The van der Waals surface area contributed by atoms with E-state index in [0.717, 1.165) is 29.2 Å². The molecule has 3 aromatic rings. The molecule has 0 atom stereocenters. The third-order valence-corrected chi connectivity index (χ3v) is 3.87. The Bertz CT molecular complexity index is 762. The van der Waals surface area contributed by atoms with Crippen molar-refractivity contribution in [2.75, 3.05) is 5.88 Å². The smallest absolute Gasteiger partial charge is 0.152 e. The van der Waals surface area contributed by atoms with Crippen molar-refractivity contribution in [1.29, 1.82) is 0 Å². The van der Waals surface area contributed by atoms with Crippen molar-refractivity contribution in [3.05, 3.63) is 41.2 Å². The van der Waals surface area contributed by atoms with Gasteiger partial charge >= 0.3 is 0 Å². The second kappa shape index (κ2) is 6.03. The first-order valence-electron chi connectivity index (χ1n) is 6.80. The Balaban J connectivity index is 2.08. The van der Waals surface area contributed by atoms with Gasteiger partial charge in [0.15, 0.2) is 5.82 Å². The Kier molecular flexibility index (Phi) is 4.12. The number of hydrogen-bond donors (Lipinski definition) is 0. The summed E-state index contributed by atoms with van der Waals surface area (Å²) in [6.45, 7) is 3.53. The van der Waals surface area contributed by atoms with E-state index < -0.39 is 0 Å². The van der Waals surface area contributed by atoms with Crippen LogP contribution in [0.15, 0.2) is 24.5 Å². The molecule has 5 nitrogen and oxygen atoms in total. The molecule has 0 spiro atoms. The summed E-state index contributed by atoms with van der Waals surface area (Å²) in [5.74, 6) is 2.37. The van der Waals surface area contributed by atoms with Crippen LogP contribution in [0.1, 0.15) is 18.6 Å². The van der Waals surface area contributed by atoms with Crippen LogP contribution in [-0.2, 0) is 19.5 Å². The Labute approximate surface area is 132 Å². The van der Waals surface area contributed by atoms with E-state index in [-0.39, 0.29) is 0 Å². The Hall–Kier alpha value is -1.59. The number of rotatable bonds is 5. The maximum absolute atomic E-state index is 6.05. The maximum atomic E-state index is 6.05. The first-order chi connectivity index (χ1) is 10.2. The van der Waals surface area contributed by atoms with Gasteiger partial charge in [-0.3, -0.25) is 0 Å². The van der Waals surface area contributed by atoms with Gasteiger partial charge in [-0.25, -0.2) is 4.98 Å². The third-order valence-electron chi connectivity index (χ3n) is 3.44. The van der Waals surface area contributed by atoms with Gasteiger partial charge in [-0.15, -0.1) is 21.8 Å². The van der Waals surface area contributed by atoms with E-state index in [1.54, 1.807) is 6.33 Å². The summed E-state index contributed by atoms with van der Waals surface area (Å²) >= 11 is 11.9. The lowest BCUT2D eigenvalue weighted by Gasteiger charge is -2.09. The monoisotopic (exact) mass is 323 g/mol. The van der Waals surface area contributed by atoms with Crippen molar-refractivity contribution in [2.24, 2.45) is 0 Å². The van der Waals surface area contributed by atoms with E-state index in [0.29, 0.717) is 23.9 Å². The fraction of sp³-hybridized carbons (Fsp3) is 0.357. The first kappa shape index (κ1) is 14.4. The molecule has 0 aliphatic heterocycles. The number of aromatic nitrogens is 5. The molecule has 0 radical (unpaired) electrons. The highest BCUT2D eigenvalue weighted by molar-refractivity contribution is 6.31. The molecule has 3 rings (SSSR count). The highest BCUT2D eigenvalue weighted by atomic mass is 35.5. The number of alkyl halides is 1. The van der Waals surface area contributed by atoms with Crippen LogP contribution in [0.3, 0.4) is 0 Å². The molecule has 0 saturated heterocycles. The standard InChI is InChI=1S/C14H15Cl2N5/c1-2-20-9-17-19-14(20)8-21-12-4-3-10(16)7-11(12)18-13(21)5-6-15/h3-4,7,9H,2,5-6,8H2,1H3. The Morgan fingerprint density at radius 3 is 2.86 bits per heavy atom. The number of hydrogen-bond acceptors (Lipinski definition) is 3. The average Bonchev–Trinajstić information content (AvgIpc) is 3.04. The van der Waals surface area contributed by atoms with Crippen LogP contribution in [0, 0.1) is 0 Å². The van der Waals surface area contributed by atoms with Crippen molar-refractivity contribution in [1.82, 2.24) is 24.3 Å². The van der Waals surface area contributed by atoms with E-state index in [1.807, 2.05) is 22.8 Å². The van der Waals surface area contributed by atoms with Crippen LogP contribution in [0.25, 0.3) is 11.0 Å². The molecule has 0 unspecified atom stereocenters. The van der Waals surface area contributed by atoms with E-state index in [1.165, 1.54) is 0 Å². The van der Waals surface area contributed by atoms with Gasteiger partial charge in [0.25, 0.3) is 0 Å². The zero-order valence-corrected chi connectivity index (χ0v) is 13.1. The van der Waals surface area contributed by atoms with Crippen LogP contribution >= 0.6 is 23.2 Å². The minimum Gasteiger partial charge on any atom is -0.320 e. The average molecular weight is 324 g/mol. The molecule has 0 aliphatic carbocycles. The summed E-state index contributed by atoms with van der Waals surface area (Å²) in [5, 5.41) is 8.85. The molecule has 7 heteroatoms. The summed E-state index contributed by atoms with van der Waals surface area (Å²) in [7, 11) is 0. The zero-order valence-electron chi connectivity index (χ0n) is 11.6. The van der Waals surface area contributed by atoms with Crippen LogP contribution < -0.4 is 0 Å². The predicted octanol–water partition coefficient (Wildman–Crippen LogP) is 3.13. The van der Waals surface area contributed by atoms with Crippen LogP contribution in [0.5, 0.6) is 0 Å². The molecule has 0 saturated carbocycles. The maximum Gasteiger partial charge on any atom is 0.152 e. The topological polar surface area (TPSA) is 48.5 Å². The van der Waals surface area contributed by atoms with Gasteiger partial charge in [0.2, 0.25) is 0 Å².